The number of nitrogens with two attached hydrogens (primary N) is 1. The quantitative estimate of drug-likeness (QED) is 0.407. The topological polar surface area (TPSA) is 101 Å². The summed E-state index contributed by atoms with van der Waals surface area (Å²) in [4.78, 5) is 40.0. The summed E-state index contributed by atoms with van der Waals surface area (Å²) in [5.74, 6) is -2.14. The predicted octanol–water partition coefficient (Wildman–Crippen LogP) is 5.10. The number of hydrogen-bond acceptors (Lipinski definition) is 7. The second-order valence-electron chi connectivity index (χ2n) is 7.71. The molecule has 192 valence electrons. The number of benzene rings is 2. The Hall–Kier alpha value is -2.62. The highest BCUT2D eigenvalue weighted by atomic mass is 35.5. The van der Waals surface area contributed by atoms with Crippen LogP contribution in [-0.4, -0.2) is 36.1 Å². The van der Waals surface area contributed by atoms with Crippen molar-refractivity contribution in [2.45, 2.75) is 12.2 Å². The van der Waals surface area contributed by atoms with Crippen LogP contribution >= 0.6 is 58.2 Å². The van der Waals surface area contributed by atoms with Crippen molar-refractivity contribution in [3.63, 3.8) is 0 Å². The van der Waals surface area contributed by atoms with Gasteiger partial charge in [-0.3, -0.25) is 9.36 Å². The monoisotopic (exact) mass is 598 g/mol. The van der Waals surface area contributed by atoms with Gasteiger partial charge in [0, 0.05) is 25.3 Å². The third kappa shape index (κ3) is 5.09. The Morgan fingerprint density at radius 1 is 1.05 bits per heavy atom. The van der Waals surface area contributed by atoms with Gasteiger partial charge in [0.05, 0.1) is 24.8 Å². The van der Waals surface area contributed by atoms with Gasteiger partial charge in [-0.15, -0.1) is 0 Å². The smallest absolute Gasteiger partial charge is 0.357 e. The molecule has 0 saturated carbocycles. The number of nitrogen functional groups attached to an aromatic ring is 1. The Labute approximate surface area is 235 Å². The van der Waals surface area contributed by atoms with Crippen LogP contribution in [0.25, 0.3) is 11.0 Å². The maximum atomic E-state index is 13.9. The number of hydrogen-bond donors (Lipinski definition) is 1. The number of rotatable bonds is 5. The Kier molecular flexibility index (Phi) is 8.16. The molecule has 0 bridgehead atoms. The number of halogens is 4. The number of thioether (sulfide) groups is 1. The van der Waals surface area contributed by atoms with E-state index in [-0.39, 0.29) is 38.5 Å². The molecule has 37 heavy (non-hydrogen) atoms. The lowest BCUT2D eigenvalue weighted by atomic mass is 10.1. The molecule has 1 aromatic heterocycles. The first-order valence-corrected chi connectivity index (χ1v) is 13.1. The van der Waals surface area contributed by atoms with Gasteiger partial charge in [0.25, 0.3) is 0 Å². The summed E-state index contributed by atoms with van der Waals surface area (Å²) in [6.45, 7) is 1.65. The van der Waals surface area contributed by atoms with Crippen LogP contribution in [0.5, 0.6) is 0 Å². The summed E-state index contributed by atoms with van der Waals surface area (Å²) in [5, 5.41) is 0.570. The summed E-state index contributed by atoms with van der Waals surface area (Å²) in [5.41, 5.74) is 7.03. The number of carbonyl (C=O) groups excluding carboxylic acids is 3. The third-order valence-corrected chi connectivity index (χ3v) is 7.90. The fourth-order valence-corrected chi connectivity index (χ4v) is 6.17. The molecule has 4 rings (SSSR count). The molecule has 1 aliphatic heterocycles. The second-order valence-corrected chi connectivity index (χ2v) is 10.5. The van der Waals surface area contributed by atoms with Gasteiger partial charge in [-0.05, 0) is 48.4 Å². The molecule has 0 fully saturated rings. The molecule has 7 nitrogen and oxygen atoms in total. The molecule has 0 radical (unpaired) electrons. The average Bonchev–Trinajstić information content (AvgIpc) is 3.13. The van der Waals surface area contributed by atoms with E-state index in [0.29, 0.717) is 26.2 Å². The molecule has 0 aliphatic carbocycles. The van der Waals surface area contributed by atoms with Gasteiger partial charge < -0.3 is 15.2 Å². The lowest BCUT2D eigenvalue weighted by Gasteiger charge is -2.24. The van der Waals surface area contributed by atoms with Crippen molar-refractivity contribution in [2.24, 2.45) is 0 Å². The van der Waals surface area contributed by atoms with E-state index in [0.717, 1.165) is 16.3 Å². The maximum absolute atomic E-state index is 13.9. The van der Waals surface area contributed by atoms with E-state index in [1.165, 1.54) is 19.2 Å². The summed E-state index contributed by atoms with van der Waals surface area (Å²) >= 11 is 25.8. The van der Waals surface area contributed by atoms with Crippen molar-refractivity contribution in [3.05, 3.63) is 83.9 Å². The van der Waals surface area contributed by atoms with E-state index in [1.807, 2.05) is 0 Å². The minimum absolute atomic E-state index is 0.0315. The van der Waals surface area contributed by atoms with Gasteiger partial charge in [-0.2, -0.15) is 0 Å². The fourth-order valence-electron chi connectivity index (χ4n) is 3.86. The molecule has 2 N–H and O–H groups in total. The summed E-state index contributed by atoms with van der Waals surface area (Å²) in [7, 11) is 1.21. The first-order valence-electron chi connectivity index (χ1n) is 10.7. The van der Waals surface area contributed by atoms with Gasteiger partial charge in [0.1, 0.15) is 10.2 Å². The zero-order valence-corrected chi connectivity index (χ0v) is 23.2. The van der Waals surface area contributed by atoms with E-state index in [2.05, 4.69) is 0 Å². The van der Waals surface area contributed by atoms with E-state index >= 15 is 0 Å². The predicted molar refractivity (Wildman–Crippen MR) is 147 cm³/mol. The van der Waals surface area contributed by atoms with Crippen LogP contribution in [0.2, 0.25) is 20.1 Å². The van der Waals surface area contributed by atoms with E-state index < -0.39 is 23.1 Å². The zero-order chi connectivity index (χ0) is 27.0. The summed E-state index contributed by atoms with van der Waals surface area (Å²) in [6.07, 6.45) is 1.56. The van der Waals surface area contributed by atoms with Crippen LogP contribution in [0.4, 0.5) is 5.69 Å². The summed E-state index contributed by atoms with van der Waals surface area (Å²) in [6, 6.07) is 9.43. The largest absolute Gasteiger partial charge is 0.465 e. The average molecular weight is 600 g/mol. The molecule has 0 saturated heterocycles. The van der Waals surface area contributed by atoms with Crippen molar-refractivity contribution < 1.29 is 23.9 Å². The molecule has 12 heteroatoms. The van der Waals surface area contributed by atoms with Crippen molar-refractivity contribution >= 4 is 92.7 Å². The number of methoxy groups -OCH3 is 1. The van der Waals surface area contributed by atoms with Gasteiger partial charge in [-0.25, -0.2) is 9.59 Å². The van der Waals surface area contributed by atoms with Crippen LogP contribution in [0.1, 0.15) is 38.6 Å². The third-order valence-electron chi connectivity index (χ3n) is 5.49. The Morgan fingerprint density at radius 3 is 2.30 bits per heavy atom. The van der Waals surface area contributed by atoms with Gasteiger partial charge in [0.15, 0.2) is 5.69 Å². The highest BCUT2D eigenvalue weighted by Gasteiger charge is 2.39. The molecule has 1 aliphatic rings. The maximum Gasteiger partial charge on any atom is 0.357 e. The highest BCUT2D eigenvalue weighted by Crippen LogP contribution is 2.42. The molecule has 0 amide bonds. The van der Waals surface area contributed by atoms with Crippen molar-refractivity contribution in [2.75, 3.05) is 19.5 Å². The lowest BCUT2D eigenvalue weighted by Crippen LogP contribution is -2.42. The van der Waals surface area contributed by atoms with Crippen molar-refractivity contribution in [1.29, 1.82) is 0 Å². The second kappa shape index (κ2) is 11.0. The molecule has 0 spiro atoms. The van der Waals surface area contributed by atoms with Crippen LogP contribution in [0, 0.1) is 0 Å². The number of nitrogens with zero attached hydrogens (tertiary/aromatic N) is 1. The highest BCUT2D eigenvalue weighted by molar-refractivity contribution is 8.10. The number of fused-ring (bicyclic) bond motifs is 1. The van der Waals surface area contributed by atoms with E-state index in [4.69, 9.17) is 61.6 Å². The van der Waals surface area contributed by atoms with Crippen LogP contribution in [0.3, 0.4) is 0 Å². The molecule has 0 unspecified atom stereocenters. The van der Waals surface area contributed by atoms with E-state index in [9.17, 15) is 14.4 Å². The molecule has 3 aromatic rings. The number of anilines is 1. The number of aromatic nitrogens is 1. The zero-order valence-electron chi connectivity index (χ0n) is 19.3. The normalized spacial score (nSPS) is 15.5. The van der Waals surface area contributed by atoms with E-state index in [1.54, 1.807) is 37.3 Å². The van der Waals surface area contributed by atoms with Crippen LogP contribution in [0.15, 0.2) is 36.4 Å². The van der Waals surface area contributed by atoms with Crippen LogP contribution < -0.4 is 16.3 Å². The minimum Gasteiger partial charge on any atom is -0.465 e. The summed E-state index contributed by atoms with van der Waals surface area (Å²) < 4.78 is 11.3. The fraction of sp³-hybridized carbons (Fsp3) is 0.160. The lowest BCUT2D eigenvalue weighted by molar-refractivity contribution is -0.133. The number of carbonyl (C=O) groups is 3. The Bertz CT molecular complexity index is 1580. The van der Waals surface area contributed by atoms with Crippen molar-refractivity contribution in [3.8, 4) is 0 Å². The molecule has 2 heterocycles. The SMILES string of the molecule is CCOC(=O)c1c(N)/c(=C\c2ccc(Cl)cc2Cl)c2n1C(=O)[C@@H](c1ccc(Cl)cc1Cl)SC=2C(=O)OC. The number of ether oxygens (including phenoxy) is 2. The standard InChI is InChI=1S/C25H18Cl4N2O5S/c1-3-36-24(33)20-18(30)15(8-11-4-5-12(26)9-16(11)28)19-22(25(34)35-2)37-21(23(32)31(19)20)14-7-6-13(27)10-17(14)29/h4-10,21H,3,30H2,1-2H3/b15-8+/t21-/m1/s1. The molecule has 2 aromatic carbocycles. The Morgan fingerprint density at radius 2 is 1.70 bits per heavy atom. The first kappa shape index (κ1) is 27.4. The minimum atomic E-state index is -1.02. The first-order chi connectivity index (χ1) is 17.6. The van der Waals surface area contributed by atoms with Gasteiger partial charge >= 0.3 is 11.9 Å². The van der Waals surface area contributed by atoms with Crippen molar-refractivity contribution in [1.82, 2.24) is 4.57 Å². The molecular weight excluding hydrogens is 582 g/mol. The molecule has 1 atom stereocenters. The van der Waals surface area contributed by atoms with Crippen LogP contribution in [-0.2, 0) is 14.3 Å². The van der Waals surface area contributed by atoms with Gasteiger partial charge in [-0.1, -0.05) is 70.3 Å². The number of esters is 2. The Balaban J connectivity index is 2.12. The molecular formula is C25H18Cl4N2O5S. The van der Waals surface area contributed by atoms with Gasteiger partial charge in [0.2, 0.25) is 5.91 Å².